The molecule has 204 valence electrons. The lowest BCUT2D eigenvalue weighted by Gasteiger charge is -2.29. The Labute approximate surface area is 246 Å². The van der Waals surface area contributed by atoms with Gasteiger partial charge in [-0.15, -0.1) is 0 Å². The van der Waals surface area contributed by atoms with Gasteiger partial charge in [0.1, 0.15) is 11.8 Å². The van der Waals surface area contributed by atoms with Crippen molar-refractivity contribution in [3.63, 3.8) is 0 Å². The number of methoxy groups -OCH3 is 1. The molecule has 6 rings (SSSR count). The molecule has 2 aromatic heterocycles. The van der Waals surface area contributed by atoms with Crippen molar-refractivity contribution >= 4 is 40.5 Å². The Bertz CT molecular complexity index is 1690. The first kappa shape index (κ1) is 26.5. The molecule has 0 amide bonds. The normalized spacial score (nSPS) is 16.4. The second-order valence-electron chi connectivity index (χ2n) is 9.32. The van der Waals surface area contributed by atoms with E-state index in [1.807, 2.05) is 79.0 Å². The summed E-state index contributed by atoms with van der Waals surface area (Å²) < 4.78 is 7.83. The van der Waals surface area contributed by atoms with Gasteiger partial charge < -0.3 is 19.5 Å². The summed E-state index contributed by atoms with van der Waals surface area (Å²) in [6, 6.07) is 32.3. The number of para-hydroxylation sites is 2. The maximum absolute atomic E-state index is 11.0. The minimum Gasteiger partial charge on any atom is -0.495 e. The predicted molar refractivity (Wildman–Crippen MR) is 164 cm³/mol. The topological polar surface area (TPSA) is 85.5 Å². The number of non-ortho nitro benzene ring substituents is 1. The van der Waals surface area contributed by atoms with Gasteiger partial charge in [0.2, 0.25) is 0 Å². The highest BCUT2D eigenvalue weighted by molar-refractivity contribution is 7.99. The Morgan fingerprint density at radius 2 is 1.63 bits per heavy atom. The zero-order valence-corrected chi connectivity index (χ0v) is 23.6. The number of aromatic nitrogens is 2. The number of ether oxygens (including phenoxy) is 1. The highest BCUT2D eigenvalue weighted by Gasteiger charge is 2.42. The molecule has 3 heterocycles. The Kier molecular flexibility index (Phi) is 7.41. The van der Waals surface area contributed by atoms with Crippen LogP contribution >= 0.6 is 24.0 Å². The molecule has 41 heavy (non-hydrogen) atoms. The molecule has 1 aliphatic rings. The highest BCUT2D eigenvalue weighted by Crippen LogP contribution is 2.43. The van der Waals surface area contributed by atoms with E-state index < -0.39 is 4.92 Å². The number of nitro benzene ring substituents is 1. The van der Waals surface area contributed by atoms with Crippen molar-refractivity contribution in [3.05, 3.63) is 137 Å². The number of benzene rings is 3. The number of nitro groups is 1. The number of nitrogens with one attached hydrogen (secondary N) is 1. The monoisotopic (exact) mass is 579 g/mol. The third-order valence-corrected chi connectivity index (χ3v) is 8.25. The smallest absolute Gasteiger partial charge is 0.269 e. The lowest BCUT2D eigenvalue weighted by molar-refractivity contribution is -0.384. The average molecular weight is 580 g/mol. The van der Waals surface area contributed by atoms with Gasteiger partial charge in [-0.3, -0.25) is 15.1 Å². The molecule has 10 heteroatoms. The Morgan fingerprint density at radius 1 is 0.927 bits per heavy atom. The summed E-state index contributed by atoms with van der Waals surface area (Å²) in [6.07, 6.45) is 3.83. The van der Waals surface area contributed by atoms with Crippen LogP contribution in [-0.2, 0) is 0 Å². The van der Waals surface area contributed by atoms with E-state index in [1.165, 1.54) is 12.1 Å². The molecule has 0 radical (unpaired) electrons. The molecular formula is C31H25N5O3S2. The lowest BCUT2D eigenvalue weighted by atomic mass is 10.0. The molecule has 1 saturated heterocycles. The van der Waals surface area contributed by atoms with Gasteiger partial charge in [0.05, 0.1) is 29.5 Å². The van der Waals surface area contributed by atoms with Crippen molar-refractivity contribution in [2.24, 2.45) is 0 Å². The molecule has 0 aliphatic carbocycles. The van der Waals surface area contributed by atoms with Crippen LogP contribution in [-0.4, -0.2) is 26.7 Å². The maximum Gasteiger partial charge on any atom is 0.269 e. The van der Waals surface area contributed by atoms with Crippen LogP contribution < -0.4 is 15.0 Å². The Hall–Kier alpha value is -4.67. The second-order valence-corrected chi connectivity index (χ2v) is 10.9. The summed E-state index contributed by atoms with van der Waals surface area (Å²) in [5, 5.41) is 15.1. The van der Waals surface area contributed by atoms with Gasteiger partial charge in [-0.05, 0) is 85.0 Å². The van der Waals surface area contributed by atoms with Crippen LogP contribution in [0.15, 0.2) is 125 Å². The van der Waals surface area contributed by atoms with E-state index in [0.29, 0.717) is 5.11 Å². The van der Waals surface area contributed by atoms with Crippen LogP contribution in [0.3, 0.4) is 0 Å². The first-order valence-corrected chi connectivity index (χ1v) is 14.1. The van der Waals surface area contributed by atoms with Crippen LogP contribution in [0.2, 0.25) is 0 Å². The van der Waals surface area contributed by atoms with Crippen molar-refractivity contribution in [2.75, 3.05) is 12.0 Å². The van der Waals surface area contributed by atoms with E-state index in [-0.39, 0.29) is 17.8 Å². The number of hydrogen-bond donors (Lipinski definition) is 1. The maximum atomic E-state index is 11.0. The number of nitrogens with zero attached hydrogens (tertiary/aromatic N) is 4. The largest absolute Gasteiger partial charge is 0.495 e. The molecule has 0 spiro atoms. The fourth-order valence-electron chi connectivity index (χ4n) is 5.06. The fraction of sp³-hybridized carbons (Fsp3) is 0.0968. The molecule has 8 nitrogen and oxygen atoms in total. The van der Waals surface area contributed by atoms with Crippen molar-refractivity contribution in [3.8, 4) is 11.4 Å². The minimum atomic E-state index is -0.394. The van der Waals surface area contributed by atoms with Crippen LogP contribution in [0.4, 0.5) is 11.4 Å². The van der Waals surface area contributed by atoms with E-state index in [4.69, 9.17) is 17.0 Å². The van der Waals surface area contributed by atoms with Crippen LogP contribution in [0.25, 0.3) is 5.69 Å². The molecule has 1 fully saturated rings. The predicted octanol–water partition coefficient (Wildman–Crippen LogP) is 7.12. The molecular weight excluding hydrogens is 555 g/mol. The van der Waals surface area contributed by atoms with Crippen LogP contribution in [0, 0.1) is 10.1 Å². The van der Waals surface area contributed by atoms with Gasteiger partial charge in [-0.1, -0.05) is 30.0 Å². The third-order valence-electron chi connectivity index (χ3n) is 6.92. The fourth-order valence-corrected chi connectivity index (χ4v) is 6.23. The van der Waals surface area contributed by atoms with E-state index in [1.54, 1.807) is 37.2 Å². The molecule has 5 aromatic rings. The standard InChI is InChI=1S/C31H25N5O3S2/c1-39-28-10-3-2-8-26(28)34-20-6-9-27(34)30-29(25-7-4-5-19-32-25)33-31(40)35(30)21-11-15-23(16-12-21)41-24-17-13-22(14-18-24)36(37)38/h2-20,29-30H,1H3,(H,33,40). The van der Waals surface area contributed by atoms with E-state index >= 15 is 0 Å². The van der Waals surface area contributed by atoms with Gasteiger partial charge in [0.25, 0.3) is 5.69 Å². The molecule has 2 atom stereocenters. The van der Waals surface area contributed by atoms with Gasteiger partial charge >= 0.3 is 0 Å². The number of pyridine rings is 1. The number of thiocarbonyl (C=S) groups is 1. The molecule has 3 aromatic carbocycles. The van der Waals surface area contributed by atoms with Crippen LogP contribution in [0.1, 0.15) is 23.5 Å². The van der Waals surface area contributed by atoms with Crippen molar-refractivity contribution in [1.29, 1.82) is 0 Å². The molecule has 0 bridgehead atoms. The molecule has 2 unspecified atom stereocenters. The summed E-state index contributed by atoms with van der Waals surface area (Å²) >= 11 is 7.47. The first-order valence-electron chi connectivity index (χ1n) is 12.9. The second kappa shape index (κ2) is 11.4. The quantitative estimate of drug-likeness (QED) is 0.118. The van der Waals surface area contributed by atoms with E-state index in [9.17, 15) is 10.1 Å². The van der Waals surface area contributed by atoms with Gasteiger partial charge in [0, 0.05) is 45.7 Å². The van der Waals surface area contributed by atoms with Crippen LogP contribution in [0.5, 0.6) is 5.75 Å². The molecule has 1 aliphatic heterocycles. The lowest BCUT2D eigenvalue weighted by Crippen LogP contribution is -2.30. The van der Waals surface area contributed by atoms with Gasteiger partial charge in [-0.25, -0.2) is 0 Å². The van der Waals surface area contributed by atoms with Gasteiger partial charge in [0.15, 0.2) is 5.11 Å². The minimum absolute atomic E-state index is 0.0751. The summed E-state index contributed by atoms with van der Waals surface area (Å²) in [6.45, 7) is 0. The van der Waals surface area contributed by atoms with Crippen molar-refractivity contribution < 1.29 is 9.66 Å². The van der Waals surface area contributed by atoms with Crippen molar-refractivity contribution in [2.45, 2.75) is 21.9 Å². The number of hydrogen-bond acceptors (Lipinski definition) is 6. The molecule has 1 N–H and O–H groups in total. The number of anilines is 1. The Balaban J connectivity index is 1.37. The van der Waals surface area contributed by atoms with E-state index in [0.717, 1.165) is 38.3 Å². The Morgan fingerprint density at radius 3 is 2.32 bits per heavy atom. The number of rotatable bonds is 8. The average Bonchev–Trinajstić information content (AvgIpc) is 3.62. The summed E-state index contributed by atoms with van der Waals surface area (Å²) in [4.78, 5) is 19.3. The zero-order chi connectivity index (χ0) is 28.3. The van der Waals surface area contributed by atoms with Crippen molar-refractivity contribution in [1.82, 2.24) is 14.9 Å². The van der Waals surface area contributed by atoms with E-state index in [2.05, 4.69) is 25.8 Å². The highest BCUT2D eigenvalue weighted by atomic mass is 32.2. The third kappa shape index (κ3) is 5.27. The van der Waals surface area contributed by atoms with Gasteiger partial charge in [-0.2, -0.15) is 0 Å². The summed E-state index contributed by atoms with van der Waals surface area (Å²) in [7, 11) is 1.67. The summed E-state index contributed by atoms with van der Waals surface area (Å²) in [5.74, 6) is 0.770. The first-order chi connectivity index (χ1) is 20.0. The summed E-state index contributed by atoms with van der Waals surface area (Å²) in [5.41, 5.74) is 3.86. The zero-order valence-electron chi connectivity index (χ0n) is 22.0. The molecule has 0 saturated carbocycles. The SMILES string of the molecule is COc1ccccc1-n1cccc1C1C(c2ccccn2)NC(=S)N1c1ccc(Sc2ccc([N+](=O)[O-])cc2)cc1.